The first-order valence-electron chi connectivity index (χ1n) is 10.6. The molecule has 1 atom stereocenters. The molecule has 1 unspecified atom stereocenters. The average Bonchev–Trinajstić information content (AvgIpc) is 3.31. The van der Waals surface area contributed by atoms with E-state index in [4.69, 9.17) is 4.74 Å². The number of carbonyl (C=O) groups is 3. The van der Waals surface area contributed by atoms with E-state index in [1.54, 1.807) is 4.90 Å². The quantitative estimate of drug-likeness (QED) is 0.666. The summed E-state index contributed by atoms with van der Waals surface area (Å²) in [5.41, 5.74) is 1.51. The van der Waals surface area contributed by atoms with Gasteiger partial charge in [0.25, 0.3) is 0 Å². The molecule has 4 rings (SSSR count). The molecule has 32 heavy (non-hydrogen) atoms. The number of amides is 2. The summed E-state index contributed by atoms with van der Waals surface area (Å²) < 4.78 is 6.31. The third-order valence-electron chi connectivity index (χ3n) is 5.96. The lowest BCUT2D eigenvalue weighted by molar-refractivity contribution is -0.121. The van der Waals surface area contributed by atoms with E-state index in [0.29, 0.717) is 37.2 Å². The molecule has 0 spiro atoms. The number of carboxylic acid groups (broad SMARTS) is 1. The molecule has 2 aliphatic heterocycles. The summed E-state index contributed by atoms with van der Waals surface area (Å²) in [7, 11) is 0. The average molecular weight is 441 g/mol. The third kappa shape index (κ3) is 4.31. The number of hydrogen-bond donors (Lipinski definition) is 3. The van der Waals surface area contributed by atoms with Crippen LogP contribution in [-0.4, -0.2) is 51.0 Å². The number of fused-ring (bicyclic) bond motifs is 1. The molecule has 1 aromatic heterocycles. The summed E-state index contributed by atoms with van der Waals surface area (Å²) in [5.74, 6) is -0.469. The highest BCUT2D eigenvalue weighted by atomic mass is 16.6. The van der Waals surface area contributed by atoms with Gasteiger partial charge in [-0.25, -0.2) is 9.59 Å². The fourth-order valence-electron chi connectivity index (χ4n) is 4.28. The maximum atomic E-state index is 12.9. The zero-order valence-electron chi connectivity index (χ0n) is 18.1. The van der Waals surface area contributed by atoms with Crippen LogP contribution in [-0.2, 0) is 28.2 Å². The molecule has 3 N–H and O–H groups in total. The second-order valence-corrected chi connectivity index (χ2v) is 8.66. The Kier molecular flexibility index (Phi) is 5.88. The first-order chi connectivity index (χ1) is 15.3. The Morgan fingerprint density at radius 2 is 2.03 bits per heavy atom. The van der Waals surface area contributed by atoms with Crippen LogP contribution in [0, 0.1) is 5.92 Å². The van der Waals surface area contributed by atoms with Gasteiger partial charge in [0.1, 0.15) is 6.61 Å². The summed E-state index contributed by atoms with van der Waals surface area (Å²) in [6.07, 6.45) is -0.355. The number of benzene rings is 1. The minimum Gasteiger partial charge on any atom is -0.463 e. The number of rotatable bonds is 4. The summed E-state index contributed by atoms with van der Waals surface area (Å²) in [4.78, 5) is 38.6. The number of nitrogens with one attached hydrogen (secondary N) is 2. The smallest absolute Gasteiger partial charge is 0.432 e. The van der Waals surface area contributed by atoms with Crippen LogP contribution in [0.1, 0.15) is 43.5 Å². The number of nitrogens with zero attached hydrogens (tertiary/aromatic N) is 3. The Morgan fingerprint density at radius 1 is 1.28 bits per heavy atom. The lowest BCUT2D eigenvalue weighted by Gasteiger charge is -2.31. The van der Waals surface area contributed by atoms with Crippen molar-refractivity contribution in [3.05, 3.63) is 47.2 Å². The van der Waals surface area contributed by atoms with Gasteiger partial charge in [-0.3, -0.25) is 4.79 Å². The maximum Gasteiger partial charge on any atom is 0.432 e. The molecule has 0 bridgehead atoms. The van der Waals surface area contributed by atoms with E-state index in [9.17, 15) is 19.5 Å². The van der Waals surface area contributed by atoms with E-state index in [2.05, 4.69) is 15.7 Å². The number of piperidine rings is 1. The van der Waals surface area contributed by atoms with E-state index in [1.165, 1.54) is 0 Å². The van der Waals surface area contributed by atoms with Crippen LogP contribution in [0.2, 0.25) is 0 Å². The van der Waals surface area contributed by atoms with E-state index in [0.717, 1.165) is 10.2 Å². The van der Waals surface area contributed by atoms with E-state index in [1.807, 2.05) is 44.2 Å². The molecule has 1 saturated heterocycles. The standard InChI is InChI=1S/C22H27N5O5/c1-22(2)17-16(11-23-22)18(25-27(17)20(29)30)24-19(28)15-9-6-10-26(12-15)21(31)32-13-14-7-4-3-5-8-14/h3-5,7-8,15,23H,6,9-13H2,1-2H3,(H,29,30)(H,24,25,28). The van der Waals surface area contributed by atoms with E-state index in [-0.39, 0.29) is 24.9 Å². The third-order valence-corrected chi connectivity index (χ3v) is 5.96. The summed E-state index contributed by atoms with van der Waals surface area (Å²) in [6, 6.07) is 9.41. The Hall–Kier alpha value is -3.40. The van der Waals surface area contributed by atoms with Crippen LogP contribution in [0.25, 0.3) is 0 Å². The van der Waals surface area contributed by atoms with Crippen molar-refractivity contribution in [1.29, 1.82) is 0 Å². The van der Waals surface area contributed by atoms with Crippen molar-refractivity contribution in [2.75, 3.05) is 18.4 Å². The Balaban J connectivity index is 1.40. The van der Waals surface area contributed by atoms with Crippen LogP contribution in [0.15, 0.2) is 30.3 Å². The number of likely N-dealkylation sites (tertiary alicyclic amines) is 1. The number of hydrogen-bond acceptors (Lipinski definition) is 6. The second kappa shape index (κ2) is 8.62. The molecule has 170 valence electrons. The molecular formula is C22H27N5O5. The Morgan fingerprint density at radius 3 is 2.75 bits per heavy atom. The van der Waals surface area contributed by atoms with Crippen LogP contribution in [0.5, 0.6) is 0 Å². The predicted molar refractivity (Wildman–Crippen MR) is 115 cm³/mol. The molecule has 3 heterocycles. The topological polar surface area (TPSA) is 126 Å². The second-order valence-electron chi connectivity index (χ2n) is 8.66. The van der Waals surface area contributed by atoms with E-state index < -0.39 is 23.6 Å². The predicted octanol–water partition coefficient (Wildman–Crippen LogP) is 2.73. The number of ether oxygens (including phenoxy) is 1. The lowest BCUT2D eigenvalue weighted by atomic mass is 9.97. The molecule has 2 aliphatic rings. The van der Waals surface area contributed by atoms with Crippen molar-refractivity contribution < 1.29 is 24.2 Å². The largest absolute Gasteiger partial charge is 0.463 e. The van der Waals surface area contributed by atoms with Gasteiger partial charge in [-0.05, 0) is 32.3 Å². The van der Waals surface area contributed by atoms with Crippen LogP contribution in [0.4, 0.5) is 15.4 Å². The van der Waals surface area contributed by atoms with Gasteiger partial charge >= 0.3 is 12.2 Å². The van der Waals surface area contributed by atoms with Crippen molar-refractivity contribution in [3.63, 3.8) is 0 Å². The molecule has 10 nitrogen and oxygen atoms in total. The SMILES string of the molecule is CC1(C)NCc2c(NC(=O)C3CCCN(C(=O)OCc4ccccc4)C3)nn(C(=O)O)c21. The monoisotopic (exact) mass is 441 g/mol. The van der Waals surface area contributed by atoms with Crippen molar-refractivity contribution in [1.82, 2.24) is 20.0 Å². The molecule has 10 heteroatoms. The molecule has 0 saturated carbocycles. The van der Waals surface area contributed by atoms with Crippen LogP contribution >= 0.6 is 0 Å². The van der Waals surface area contributed by atoms with Gasteiger partial charge in [0, 0.05) is 25.2 Å². The normalized spacial score (nSPS) is 19.3. The lowest BCUT2D eigenvalue weighted by Crippen LogP contribution is -2.44. The van der Waals surface area contributed by atoms with Crippen molar-refractivity contribution in [2.24, 2.45) is 5.92 Å². The molecular weight excluding hydrogens is 414 g/mol. The van der Waals surface area contributed by atoms with Crippen molar-refractivity contribution in [3.8, 4) is 0 Å². The first kappa shape index (κ1) is 21.8. The Bertz CT molecular complexity index is 1030. The highest BCUT2D eigenvalue weighted by Gasteiger charge is 2.39. The van der Waals surface area contributed by atoms with Gasteiger partial charge < -0.3 is 25.4 Å². The van der Waals surface area contributed by atoms with Crippen molar-refractivity contribution in [2.45, 2.75) is 45.4 Å². The fraction of sp³-hybridized carbons (Fsp3) is 0.455. The zero-order valence-corrected chi connectivity index (χ0v) is 18.1. The van der Waals surface area contributed by atoms with Gasteiger partial charge in [0.15, 0.2) is 5.82 Å². The highest BCUT2D eigenvalue weighted by Crippen LogP contribution is 2.35. The fourth-order valence-corrected chi connectivity index (χ4v) is 4.28. The Labute approximate surface area is 185 Å². The van der Waals surface area contributed by atoms with Crippen molar-refractivity contribution >= 4 is 23.9 Å². The number of carbonyl (C=O) groups excluding carboxylic acids is 2. The summed E-state index contributed by atoms with van der Waals surface area (Å²) >= 11 is 0. The minimum atomic E-state index is -1.21. The first-order valence-corrected chi connectivity index (χ1v) is 10.6. The number of anilines is 1. The molecule has 0 radical (unpaired) electrons. The maximum absolute atomic E-state index is 12.9. The molecule has 1 fully saturated rings. The summed E-state index contributed by atoms with van der Waals surface area (Å²) in [6.45, 7) is 5.09. The summed E-state index contributed by atoms with van der Waals surface area (Å²) in [5, 5.41) is 19.7. The van der Waals surface area contributed by atoms with E-state index >= 15 is 0 Å². The number of aromatic nitrogens is 2. The highest BCUT2D eigenvalue weighted by molar-refractivity contribution is 5.93. The molecule has 0 aliphatic carbocycles. The van der Waals surface area contributed by atoms with Gasteiger partial charge in [0.05, 0.1) is 17.2 Å². The molecule has 2 aromatic rings. The van der Waals surface area contributed by atoms with Gasteiger partial charge in [-0.1, -0.05) is 30.3 Å². The van der Waals surface area contributed by atoms with Gasteiger partial charge in [-0.15, -0.1) is 5.10 Å². The zero-order chi connectivity index (χ0) is 22.9. The minimum absolute atomic E-state index is 0.175. The molecule has 2 amide bonds. The van der Waals surface area contributed by atoms with Crippen LogP contribution in [0.3, 0.4) is 0 Å². The molecule has 1 aromatic carbocycles. The van der Waals surface area contributed by atoms with Gasteiger partial charge in [0.2, 0.25) is 5.91 Å². The van der Waals surface area contributed by atoms with Gasteiger partial charge in [-0.2, -0.15) is 4.68 Å². The van der Waals surface area contributed by atoms with Crippen LogP contribution < -0.4 is 10.6 Å².